The average molecular weight is 438 g/mol. The molecule has 5 nitrogen and oxygen atoms in total. The lowest BCUT2D eigenvalue weighted by molar-refractivity contribution is 0.0526. The summed E-state index contributed by atoms with van der Waals surface area (Å²) in [6.07, 6.45) is 0. The molecular weight excluding hydrogens is 421 g/mol. The molecule has 0 aliphatic heterocycles. The molecule has 0 saturated carbocycles. The van der Waals surface area contributed by atoms with E-state index in [1.54, 1.807) is 45.4 Å². The van der Waals surface area contributed by atoms with E-state index in [-0.39, 0.29) is 11.6 Å². The Morgan fingerprint density at radius 2 is 1.71 bits per heavy atom. The van der Waals surface area contributed by atoms with E-state index in [0.29, 0.717) is 37.7 Å². The van der Waals surface area contributed by atoms with Crippen LogP contribution in [-0.2, 0) is 4.74 Å². The molecule has 3 rings (SSSR count). The summed E-state index contributed by atoms with van der Waals surface area (Å²) in [7, 11) is 3.18. The summed E-state index contributed by atoms with van der Waals surface area (Å²) in [6, 6.07) is 10.5. The molecule has 28 heavy (non-hydrogen) atoms. The highest BCUT2D eigenvalue weighted by atomic mass is 35.5. The highest BCUT2D eigenvalue weighted by molar-refractivity contribution is 7.19. The number of hydrogen-bond donors (Lipinski definition) is 0. The average Bonchev–Trinajstić information content (AvgIpc) is 3.09. The topological polar surface area (TPSA) is 57.7 Å². The van der Waals surface area contributed by atoms with Crippen LogP contribution < -0.4 is 9.47 Å². The Kier molecular flexibility index (Phi) is 6.44. The molecule has 0 saturated heterocycles. The minimum Gasteiger partial charge on any atom is -0.497 e. The number of halogens is 2. The molecule has 0 amide bonds. The normalized spacial score (nSPS) is 10.6. The lowest BCUT2D eigenvalue weighted by Crippen LogP contribution is -2.05. The molecule has 1 aromatic heterocycles. The Morgan fingerprint density at radius 3 is 2.29 bits per heavy atom. The van der Waals surface area contributed by atoms with Gasteiger partial charge in [-0.15, -0.1) is 11.3 Å². The Labute approximate surface area is 176 Å². The van der Waals surface area contributed by atoms with Crippen LogP contribution in [0.2, 0.25) is 9.36 Å². The van der Waals surface area contributed by atoms with Crippen LogP contribution in [-0.4, -0.2) is 31.8 Å². The lowest BCUT2D eigenvalue weighted by Gasteiger charge is -2.07. The first-order valence-corrected chi connectivity index (χ1v) is 9.90. The van der Waals surface area contributed by atoms with Crippen molar-refractivity contribution >= 4 is 40.5 Å². The maximum atomic E-state index is 11.9. The van der Waals surface area contributed by atoms with Crippen molar-refractivity contribution in [2.45, 2.75) is 6.92 Å². The second kappa shape index (κ2) is 8.82. The third-order valence-corrected chi connectivity index (χ3v) is 5.54. The zero-order chi connectivity index (χ0) is 20.3. The summed E-state index contributed by atoms with van der Waals surface area (Å²) in [5, 5.41) is 0.993. The number of carbonyl (C=O) groups is 1. The standard InChI is InChI=1S/C20H17Cl2NO4S/c1-4-27-20(24)15-6-5-11(9-16(15)21)17-18(22)28-19(23-17)12-7-13(25-2)10-14(8-12)26-3/h5-10H,4H2,1-3H3. The third-order valence-electron chi connectivity index (χ3n) is 3.92. The zero-order valence-corrected chi connectivity index (χ0v) is 17.7. The summed E-state index contributed by atoms with van der Waals surface area (Å²) in [4.78, 5) is 16.6. The summed E-state index contributed by atoms with van der Waals surface area (Å²) in [5.41, 5.74) is 2.42. The molecule has 0 aliphatic rings. The van der Waals surface area contributed by atoms with Gasteiger partial charge in [-0.2, -0.15) is 0 Å². The van der Waals surface area contributed by atoms with Crippen molar-refractivity contribution < 1.29 is 19.0 Å². The molecule has 0 atom stereocenters. The first-order chi connectivity index (χ1) is 13.5. The van der Waals surface area contributed by atoms with Crippen molar-refractivity contribution in [1.29, 1.82) is 0 Å². The Bertz CT molecular complexity index is 997. The molecule has 3 aromatic rings. The number of methoxy groups -OCH3 is 2. The van der Waals surface area contributed by atoms with E-state index in [1.807, 2.05) is 12.1 Å². The molecule has 0 bridgehead atoms. The van der Waals surface area contributed by atoms with Crippen LogP contribution in [0.5, 0.6) is 11.5 Å². The minimum absolute atomic E-state index is 0.280. The molecular formula is C20H17Cl2NO4S. The van der Waals surface area contributed by atoms with E-state index < -0.39 is 5.97 Å². The maximum Gasteiger partial charge on any atom is 0.339 e. The number of benzene rings is 2. The summed E-state index contributed by atoms with van der Waals surface area (Å²) >= 11 is 14.0. The van der Waals surface area contributed by atoms with Gasteiger partial charge in [0.2, 0.25) is 0 Å². The van der Waals surface area contributed by atoms with E-state index in [9.17, 15) is 4.79 Å². The lowest BCUT2D eigenvalue weighted by atomic mass is 10.1. The van der Waals surface area contributed by atoms with Crippen LogP contribution in [0.3, 0.4) is 0 Å². The summed E-state index contributed by atoms with van der Waals surface area (Å²) in [5.74, 6) is 0.848. The molecule has 0 unspecified atom stereocenters. The van der Waals surface area contributed by atoms with Gasteiger partial charge in [0.1, 0.15) is 26.5 Å². The second-order valence-corrected chi connectivity index (χ2v) is 7.67. The van der Waals surface area contributed by atoms with Gasteiger partial charge in [-0.1, -0.05) is 29.3 Å². The van der Waals surface area contributed by atoms with Crippen molar-refractivity contribution in [2.75, 3.05) is 20.8 Å². The first-order valence-electron chi connectivity index (χ1n) is 8.33. The second-order valence-electron chi connectivity index (χ2n) is 5.66. The SMILES string of the molecule is CCOC(=O)c1ccc(-c2nc(-c3cc(OC)cc(OC)c3)sc2Cl)cc1Cl. The fraction of sp³-hybridized carbons (Fsp3) is 0.200. The smallest absolute Gasteiger partial charge is 0.339 e. The van der Waals surface area contributed by atoms with Crippen LogP contribution in [0.15, 0.2) is 36.4 Å². The van der Waals surface area contributed by atoms with Crippen LogP contribution in [0.1, 0.15) is 17.3 Å². The van der Waals surface area contributed by atoms with Crippen LogP contribution in [0, 0.1) is 0 Å². The number of carbonyl (C=O) groups excluding carboxylic acids is 1. The molecule has 0 N–H and O–H groups in total. The molecule has 0 radical (unpaired) electrons. The number of rotatable bonds is 6. The van der Waals surface area contributed by atoms with Crippen LogP contribution in [0.25, 0.3) is 21.8 Å². The highest BCUT2D eigenvalue weighted by Crippen LogP contribution is 2.40. The quantitative estimate of drug-likeness (QED) is 0.444. The number of esters is 1. The fourth-order valence-electron chi connectivity index (χ4n) is 2.57. The Balaban J connectivity index is 1.99. The monoisotopic (exact) mass is 437 g/mol. The predicted octanol–water partition coefficient (Wildman–Crippen LogP) is 5.98. The first kappa shape index (κ1) is 20.5. The van der Waals surface area contributed by atoms with E-state index in [2.05, 4.69) is 4.98 Å². The largest absolute Gasteiger partial charge is 0.497 e. The minimum atomic E-state index is -0.465. The van der Waals surface area contributed by atoms with Crippen molar-refractivity contribution in [3.8, 4) is 33.3 Å². The molecule has 8 heteroatoms. The van der Waals surface area contributed by atoms with Crippen molar-refractivity contribution in [3.05, 3.63) is 51.3 Å². The van der Waals surface area contributed by atoms with Crippen molar-refractivity contribution in [3.63, 3.8) is 0 Å². The Hall–Kier alpha value is -2.28. The van der Waals surface area contributed by atoms with Gasteiger partial charge in [-0.3, -0.25) is 0 Å². The molecule has 0 fully saturated rings. The maximum absolute atomic E-state index is 11.9. The van der Waals surface area contributed by atoms with Crippen LogP contribution >= 0.6 is 34.5 Å². The van der Waals surface area contributed by atoms with Gasteiger partial charge in [-0.05, 0) is 31.2 Å². The summed E-state index contributed by atoms with van der Waals surface area (Å²) in [6.45, 7) is 2.02. The number of ether oxygens (including phenoxy) is 3. The Morgan fingerprint density at radius 1 is 1.04 bits per heavy atom. The van der Waals surface area contributed by atoms with Gasteiger partial charge in [0, 0.05) is 17.2 Å². The zero-order valence-electron chi connectivity index (χ0n) is 15.4. The van der Waals surface area contributed by atoms with Gasteiger partial charge >= 0.3 is 5.97 Å². The van der Waals surface area contributed by atoms with Gasteiger partial charge in [0.05, 0.1) is 31.4 Å². The number of aromatic nitrogens is 1. The third kappa shape index (κ3) is 4.24. The van der Waals surface area contributed by atoms with Crippen LogP contribution in [0.4, 0.5) is 0 Å². The van der Waals surface area contributed by atoms with E-state index >= 15 is 0 Å². The van der Waals surface area contributed by atoms with Gasteiger partial charge in [0.15, 0.2) is 0 Å². The predicted molar refractivity (Wildman–Crippen MR) is 112 cm³/mol. The number of thiazole rings is 1. The molecule has 1 heterocycles. The molecule has 0 aliphatic carbocycles. The fourth-order valence-corrected chi connectivity index (χ4v) is 4.00. The molecule has 2 aromatic carbocycles. The number of hydrogen-bond acceptors (Lipinski definition) is 6. The van der Waals surface area contributed by atoms with Gasteiger partial charge < -0.3 is 14.2 Å². The molecule has 0 spiro atoms. The highest BCUT2D eigenvalue weighted by Gasteiger charge is 2.17. The van der Waals surface area contributed by atoms with Gasteiger partial charge in [0.25, 0.3) is 0 Å². The van der Waals surface area contributed by atoms with Crippen molar-refractivity contribution in [1.82, 2.24) is 4.98 Å². The summed E-state index contributed by atoms with van der Waals surface area (Å²) < 4.78 is 16.1. The van der Waals surface area contributed by atoms with E-state index in [0.717, 1.165) is 5.56 Å². The molecule has 146 valence electrons. The van der Waals surface area contributed by atoms with E-state index in [1.165, 1.54) is 11.3 Å². The van der Waals surface area contributed by atoms with Gasteiger partial charge in [-0.25, -0.2) is 9.78 Å². The van der Waals surface area contributed by atoms with Crippen molar-refractivity contribution in [2.24, 2.45) is 0 Å². The number of nitrogens with zero attached hydrogens (tertiary/aromatic N) is 1. The van der Waals surface area contributed by atoms with E-state index in [4.69, 9.17) is 37.4 Å².